The number of carbonyl (C=O) groups excluding carboxylic acids is 1. The minimum Gasteiger partial charge on any atom is -0.497 e. The summed E-state index contributed by atoms with van der Waals surface area (Å²) in [5.41, 5.74) is 4.43. The van der Waals surface area contributed by atoms with Crippen molar-refractivity contribution in [3.8, 4) is 17.0 Å². The Morgan fingerprint density at radius 1 is 0.897 bits per heavy atom. The second kappa shape index (κ2) is 11.0. The maximum Gasteiger partial charge on any atom is 0.335 e. The van der Waals surface area contributed by atoms with Crippen LogP contribution in [0.3, 0.4) is 0 Å². The molecule has 1 N–H and O–H groups in total. The number of carbonyl (C=O) groups is 2. The molecule has 6 rings (SSSR count). The fourth-order valence-corrected chi connectivity index (χ4v) is 6.96. The molecule has 2 saturated heterocycles. The van der Waals surface area contributed by atoms with Crippen LogP contribution in [0.2, 0.25) is 0 Å². The quantitative estimate of drug-likeness (QED) is 0.421. The molecule has 3 aliphatic rings. The van der Waals surface area contributed by atoms with Crippen LogP contribution >= 0.6 is 0 Å². The van der Waals surface area contributed by atoms with Gasteiger partial charge < -0.3 is 24.2 Å². The molecular formula is C32H39N3O4. The van der Waals surface area contributed by atoms with Crippen molar-refractivity contribution < 1.29 is 19.4 Å². The molecule has 2 aromatic carbocycles. The van der Waals surface area contributed by atoms with Crippen LogP contribution in [0, 0.1) is 0 Å². The summed E-state index contributed by atoms with van der Waals surface area (Å²) >= 11 is 0. The smallest absolute Gasteiger partial charge is 0.335 e. The topological polar surface area (TPSA) is 75.0 Å². The predicted molar refractivity (Wildman–Crippen MR) is 153 cm³/mol. The van der Waals surface area contributed by atoms with Crippen molar-refractivity contribution in [2.45, 2.75) is 69.9 Å². The summed E-state index contributed by atoms with van der Waals surface area (Å²) in [5.74, 6) is 0.335. The summed E-state index contributed by atoms with van der Waals surface area (Å²) in [4.78, 5) is 30.4. The van der Waals surface area contributed by atoms with Crippen molar-refractivity contribution in [1.82, 2.24) is 14.4 Å². The molecule has 1 aromatic heterocycles. The number of nitrogens with zero attached hydrogens (tertiary/aromatic N) is 3. The molecule has 0 atom stereocenters. The molecule has 2 aliphatic heterocycles. The number of likely N-dealkylation sites (tertiary alicyclic amines) is 2. The number of ether oxygens (including phenoxy) is 1. The lowest BCUT2D eigenvalue weighted by atomic mass is 9.82. The lowest BCUT2D eigenvalue weighted by Crippen LogP contribution is -2.51. The highest BCUT2D eigenvalue weighted by Gasteiger charge is 2.32. The fraction of sp³-hybridized carbons (Fsp3) is 0.500. The number of rotatable bonds is 7. The van der Waals surface area contributed by atoms with Gasteiger partial charge in [0.05, 0.1) is 23.9 Å². The standard InChI is InChI=1S/C32H39N3O4/c1-39-26-11-8-23(9-12-26)31-30(22-6-3-2-4-7-22)27-13-10-24(32(37)38)20-28(27)35(31)21-29(36)34-18-14-25(15-19-34)33-16-5-17-33/h8-13,20,22,25H,2-7,14-19,21H2,1H3,(H,37,38). The lowest BCUT2D eigenvalue weighted by Gasteiger charge is -2.43. The summed E-state index contributed by atoms with van der Waals surface area (Å²) in [6.45, 7) is 4.16. The average Bonchev–Trinajstić information content (AvgIpc) is 3.26. The molecule has 0 radical (unpaired) electrons. The Bertz CT molecular complexity index is 1340. The number of benzene rings is 2. The van der Waals surface area contributed by atoms with Crippen molar-refractivity contribution in [1.29, 1.82) is 0 Å². The number of aromatic nitrogens is 1. The van der Waals surface area contributed by atoms with E-state index >= 15 is 0 Å². The van der Waals surface area contributed by atoms with Gasteiger partial charge in [0.2, 0.25) is 5.91 Å². The summed E-state index contributed by atoms with van der Waals surface area (Å²) in [7, 11) is 1.66. The first-order chi connectivity index (χ1) is 19.0. The summed E-state index contributed by atoms with van der Waals surface area (Å²) in [6, 6.07) is 14.1. The normalized spacial score (nSPS) is 19.3. The number of aromatic carboxylic acids is 1. The highest BCUT2D eigenvalue weighted by Crippen LogP contribution is 2.44. The van der Waals surface area contributed by atoms with E-state index in [2.05, 4.69) is 21.6 Å². The number of fused-ring (bicyclic) bond motifs is 1. The van der Waals surface area contributed by atoms with E-state index in [0.29, 0.717) is 12.0 Å². The zero-order valence-corrected chi connectivity index (χ0v) is 22.9. The minimum absolute atomic E-state index is 0.111. The van der Waals surface area contributed by atoms with Crippen LogP contribution < -0.4 is 4.74 Å². The molecule has 3 heterocycles. The maximum absolute atomic E-state index is 13.8. The second-order valence-corrected chi connectivity index (χ2v) is 11.5. The Hall–Kier alpha value is -3.32. The summed E-state index contributed by atoms with van der Waals surface area (Å²) < 4.78 is 7.54. The van der Waals surface area contributed by atoms with Gasteiger partial charge in [0.1, 0.15) is 12.3 Å². The van der Waals surface area contributed by atoms with E-state index in [1.54, 1.807) is 19.2 Å². The molecule has 1 amide bonds. The van der Waals surface area contributed by atoms with Gasteiger partial charge in [-0.05, 0) is 98.6 Å². The van der Waals surface area contributed by atoms with Crippen molar-refractivity contribution in [2.24, 2.45) is 0 Å². The molecule has 1 saturated carbocycles. The minimum atomic E-state index is -0.950. The zero-order valence-electron chi connectivity index (χ0n) is 22.9. The molecule has 3 aromatic rings. The van der Waals surface area contributed by atoms with Crippen LogP contribution in [0.15, 0.2) is 42.5 Å². The van der Waals surface area contributed by atoms with E-state index < -0.39 is 5.97 Å². The number of carboxylic acids is 1. The molecule has 3 fully saturated rings. The third kappa shape index (κ3) is 5.05. The first-order valence-corrected chi connectivity index (χ1v) is 14.6. The van der Waals surface area contributed by atoms with Crippen LogP contribution in [0.4, 0.5) is 0 Å². The zero-order chi connectivity index (χ0) is 26.9. The van der Waals surface area contributed by atoms with E-state index in [-0.39, 0.29) is 18.0 Å². The van der Waals surface area contributed by atoms with Crippen LogP contribution in [-0.4, -0.2) is 70.7 Å². The first-order valence-electron chi connectivity index (χ1n) is 14.6. The van der Waals surface area contributed by atoms with Gasteiger partial charge in [0.25, 0.3) is 0 Å². The molecule has 7 heteroatoms. The highest BCUT2D eigenvalue weighted by molar-refractivity contribution is 5.99. The molecule has 39 heavy (non-hydrogen) atoms. The van der Waals surface area contributed by atoms with Gasteiger partial charge in [0.15, 0.2) is 0 Å². The summed E-state index contributed by atoms with van der Waals surface area (Å²) in [6.07, 6.45) is 9.20. The molecule has 1 aliphatic carbocycles. The Morgan fingerprint density at radius 3 is 2.23 bits per heavy atom. The lowest BCUT2D eigenvalue weighted by molar-refractivity contribution is -0.133. The number of amides is 1. The van der Waals surface area contributed by atoms with Gasteiger partial charge in [-0.2, -0.15) is 0 Å². The first kappa shape index (κ1) is 25.9. The molecule has 0 spiro atoms. The van der Waals surface area contributed by atoms with E-state index in [1.807, 2.05) is 23.1 Å². The van der Waals surface area contributed by atoms with E-state index in [0.717, 1.165) is 66.7 Å². The average molecular weight is 530 g/mol. The number of hydrogen-bond acceptors (Lipinski definition) is 4. The van der Waals surface area contributed by atoms with Gasteiger partial charge in [-0.1, -0.05) is 25.3 Å². The highest BCUT2D eigenvalue weighted by atomic mass is 16.5. The number of carboxylic acid groups (broad SMARTS) is 1. The van der Waals surface area contributed by atoms with Crippen LogP contribution in [-0.2, 0) is 11.3 Å². The monoisotopic (exact) mass is 529 g/mol. The van der Waals surface area contributed by atoms with Gasteiger partial charge in [-0.15, -0.1) is 0 Å². The van der Waals surface area contributed by atoms with Crippen molar-refractivity contribution in [3.05, 3.63) is 53.6 Å². The summed E-state index contributed by atoms with van der Waals surface area (Å²) in [5, 5.41) is 10.9. The fourth-order valence-electron chi connectivity index (χ4n) is 6.96. The third-order valence-corrected chi connectivity index (χ3v) is 9.25. The number of methoxy groups -OCH3 is 1. The van der Waals surface area contributed by atoms with Crippen LogP contribution in [0.5, 0.6) is 5.75 Å². The van der Waals surface area contributed by atoms with Gasteiger partial charge in [-0.25, -0.2) is 4.79 Å². The maximum atomic E-state index is 13.8. The van der Waals surface area contributed by atoms with E-state index in [9.17, 15) is 14.7 Å². The Labute approximate surface area is 230 Å². The molecule has 206 valence electrons. The molecule has 0 bridgehead atoms. The molecule has 0 unspecified atom stereocenters. The Morgan fingerprint density at radius 2 is 1.62 bits per heavy atom. The Balaban J connectivity index is 1.42. The van der Waals surface area contributed by atoms with Crippen molar-refractivity contribution in [2.75, 3.05) is 33.3 Å². The van der Waals surface area contributed by atoms with E-state index in [4.69, 9.17) is 4.74 Å². The number of piperidine rings is 1. The van der Waals surface area contributed by atoms with Crippen LogP contribution in [0.25, 0.3) is 22.2 Å². The van der Waals surface area contributed by atoms with Gasteiger partial charge in [0, 0.05) is 24.5 Å². The third-order valence-electron chi connectivity index (χ3n) is 9.25. The Kier molecular flexibility index (Phi) is 7.34. The molecule has 7 nitrogen and oxygen atoms in total. The SMILES string of the molecule is COc1ccc(-c2c(C3CCCCC3)c3ccc(C(=O)O)cc3n2CC(=O)N2CCC(N3CCC3)CC2)cc1. The van der Waals surface area contributed by atoms with Gasteiger partial charge >= 0.3 is 5.97 Å². The number of hydrogen-bond donors (Lipinski definition) is 1. The van der Waals surface area contributed by atoms with Crippen molar-refractivity contribution in [3.63, 3.8) is 0 Å². The van der Waals surface area contributed by atoms with Crippen LogP contribution in [0.1, 0.15) is 73.2 Å². The second-order valence-electron chi connectivity index (χ2n) is 11.5. The van der Waals surface area contributed by atoms with Crippen molar-refractivity contribution >= 4 is 22.8 Å². The largest absolute Gasteiger partial charge is 0.497 e. The van der Waals surface area contributed by atoms with E-state index in [1.165, 1.54) is 44.3 Å². The van der Waals surface area contributed by atoms with Gasteiger partial charge in [-0.3, -0.25) is 4.79 Å². The molecular weight excluding hydrogens is 490 g/mol. The predicted octanol–water partition coefficient (Wildman–Crippen LogP) is 5.76.